The minimum atomic E-state index is -1.05. The summed E-state index contributed by atoms with van der Waals surface area (Å²) in [7, 11) is 0. The van der Waals surface area contributed by atoms with Crippen LogP contribution in [-0.4, -0.2) is 24.3 Å². The molecule has 0 N–H and O–H groups in total. The van der Waals surface area contributed by atoms with Crippen LogP contribution in [0.25, 0.3) is 0 Å². The minimum Gasteiger partial charge on any atom is -0.324 e. The Morgan fingerprint density at radius 3 is 1.81 bits per heavy atom. The topological polar surface area (TPSA) is 27.7 Å². The van der Waals surface area contributed by atoms with Gasteiger partial charge in [-0.2, -0.15) is 0 Å². The minimum absolute atomic E-state index is 0.0113. The lowest BCUT2D eigenvalue weighted by atomic mass is 9.91. The second-order valence-electron chi connectivity index (χ2n) is 9.88. The van der Waals surface area contributed by atoms with Gasteiger partial charge in [-0.15, -0.1) is 0 Å². The second-order valence-corrected chi connectivity index (χ2v) is 9.88. The van der Waals surface area contributed by atoms with Crippen LogP contribution in [0.5, 0.6) is 0 Å². The van der Waals surface area contributed by atoms with E-state index in [1.165, 1.54) is 38.2 Å². The highest BCUT2D eigenvalue weighted by Crippen LogP contribution is 2.37. The molecule has 0 amide bonds. The molecular formula is C28H49FO3. The number of aryl methyl sites for hydroxylation is 1. The van der Waals surface area contributed by atoms with Crippen molar-refractivity contribution in [3.8, 4) is 0 Å². The van der Waals surface area contributed by atoms with Crippen molar-refractivity contribution >= 4 is 0 Å². The van der Waals surface area contributed by atoms with E-state index in [1.54, 1.807) is 12.1 Å². The van der Waals surface area contributed by atoms with Crippen LogP contribution in [0.15, 0.2) is 24.3 Å². The molecule has 1 atom stereocenters. The molecule has 4 heteroatoms. The Kier molecular flexibility index (Phi) is 14.3. The van der Waals surface area contributed by atoms with E-state index in [0.717, 1.165) is 37.7 Å². The van der Waals surface area contributed by atoms with Crippen molar-refractivity contribution < 1.29 is 18.6 Å². The van der Waals surface area contributed by atoms with E-state index in [4.69, 9.17) is 14.2 Å². The molecule has 0 aliphatic rings. The number of hydrogen-bond acceptors (Lipinski definition) is 3. The Morgan fingerprint density at radius 1 is 0.750 bits per heavy atom. The van der Waals surface area contributed by atoms with Crippen molar-refractivity contribution in [2.45, 2.75) is 137 Å². The summed E-state index contributed by atoms with van der Waals surface area (Å²) in [5.74, 6) is -1.11. The van der Waals surface area contributed by atoms with Gasteiger partial charge in [0.1, 0.15) is 5.82 Å². The maximum absolute atomic E-state index is 13.6. The summed E-state index contributed by atoms with van der Waals surface area (Å²) in [5, 5.41) is 0. The van der Waals surface area contributed by atoms with Crippen LogP contribution >= 0.6 is 0 Å². The Morgan fingerprint density at radius 2 is 1.28 bits per heavy atom. The molecule has 186 valence electrons. The summed E-state index contributed by atoms with van der Waals surface area (Å²) in [6.45, 7) is 14.5. The van der Waals surface area contributed by atoms with Crippen LogP contribution in [-0.2, 0) is 20.6 Å². The van der Waals surface area contributed by atoms with E-state index in [-0.39, 0.29) is 30.0 Å². The summed E-state index contributed by atoms with van der Waals surface area (Å²) in [6, 6.07) is 6.92. The molecule has 0 bridgehead atoms. The van der Waals surface area contributed by atoms with Gasteiger partial charge in [0.2, 0.25) is 0 Å². The number of unbranched alkanes of at least 4 members (excludes halogenated alkanes) is 5. The molecule has 1 unspecified atom stereocenters. The normalized spacial score (nSPS) is 13.5. The van der Waals surface area contributed by atoms with Gasteiger partial charge in [-0.3, -0.25) is 0 Å². The van der Waals surface area contributed by atoms with E-state index in [9.17, 15) is 4.39 Å². The number of halogens is 1. The van der Waals surface area contributed by atoms with Gasteiger partial charge in [0.15, 0.2) is 0 Å². The first-order chi connectivity index (χ1) is 15.2. The van der Waals surface area contributed by atoms with E-state index < -0.39 is 5.97 Å². The summed E-state index contributed by atoms with van der Waals surface area (Å²) >= 11 is 0. The van der Waals surface area contributed by atoms with Gasteiger partial charge >= 0.3 is 0 Å². The molecule has 3 nitrogen and oxygen atoms in total. The van der Waals surface area contributed by atoms with E-state index in [0.29, 0.717) is 0 Å². The molecule has 0 radical (unpaired) electrons. The summed E-state index contributed by atoms with van der Waals surface area (Å²) in [6.07, 6.45) is 11.2. The molecular weight excluding hydrogens is 403 g/mol. The number of benzene rings is 1. The van der Waals surface area contributed by atoms with Crippen molar-refractivity contribution in [2.75, 3.05) is 0 Å². The third kappa shape index (κ3) is 11.8. The van der Waals surface area contributed by atoms with Crippen molar-refractivity contribution in [3.63, 3.8) is 0 Å². The molecule has 0 saturated carbocycles. The fraction of sp³-hybridized carbons (Fsp3) is 0.786. The highest BCUT2D eigenvalue weighted by molar-refractivity contribution is 5.16. The number of hydrogen-bond donors (Lipinski definition) is 0. The molecule has 32 heavy (non-hydrogen) atoms. The molecule has 0 heterocycles. The van der Waals surface area contributed by atoms with Gasteiger partial charge in [0.05, 0.1) is 18.3 Å². The lowest BCUT2D eigenvalue weighted by Crippen LogP contribution is -2.51. The van der Waals surface area contributed by atoms with E-state index in [1.807, 2.05) is 47.6 Å². The first kappa shape index (κ1) is 29.1. The largest absolute Gasteiger partial charge is 0.324 e. The van der Waals surface area contributed by atoms with Crippen molar-refractivity contribution in [3.05, 3.63) is 35.6 Å². The smallest absolute Gasteiger partial charge is 0.286 e. The summed E-state index contributed by atoms with van der Waals surface area (Å²) in [4.78, 5) is 0. The van der Waals surface area contributed by atoms with Crippen LogP contribution < -0.4 is 0 Å². The van der Waals surface area contributed by atoms with Gasteiger partial charge in [-0.25, -0.2) is 4.39 Å². The molecule has 0 saturated heterocycles. The number of rotatable bonds is 18. The predicted octanol–water partition coefficient (Wildman–Crippen LogP) is 8.44. The number of ether oxygens (including phenoxy) is 3. The van der Waals surface area contributed by atoms with Gasteiger partial charge < -0.3 is 14.2 Å². The fourth-order valence-electron chi connectivity index (χ4n) is 4.27. The first-order valence-electron chi connectivity index (χ1n) is 13.0. The molecule has 1 rings (SSSR count). The van der Waals surface area contributed by atoms with Gasteiger partial charge in [-0.1, -0.05) is 57.6 Å². The Labute approximate surface area is 197 Å². The van der Waals surface area contributed by atoms with Crippen LogP contribution in [0, 0.1) is 11.7 Å². The first-order valence-corrected chi connectivity index (χ1v) is 13.0. The monoisotopic (exact) mass is 452 g/mol. The van der Waals surface area contributed by atoms with Crippen molar-refractivity contribution in [2.24, 2.45) is 5.92 Å². The Bertz CT molecular complexity index is 574. The van der Waals surface area contributed by atoms with Gasteiger partial charge in [0.25, 0.3) is 5.97 Å². The standard InChI is InChI=1S/C28H49FO3/c1-8-9-10-11-12-13-18-26(19-14-16-25-17-15-20-27(29)21-25)28(30-22(2)3,31-23(4)5)32-24(6)7/h15,17,20-24,26H,8-14,16,18-19H2,1-7H3. The lowest BCUT2D eigenvalue weighted by molar-refractivity contribution is -0.433. The Balaban J connectivity index is 2.97. The Hall–Kier alpha value is -0.970. The van der Waals surface area contributed by atoms with Crippen LogP contribution in [0.3, 0.4) is 0 Å². The van der Waals surface area contributed by atoms with Gasteiger partial charge in [0, 0.05) is 5.92 Å². The van der Waals surface area contributed by atoms with E-state index in [2.05, 4.69) is 6.92 Å². The average molecular weight is 453 g/mol. The highest BCUT2D eigenvalue weighted by Gasteiger charge is 2.44. The van der Waals surface area contributed by atoms with Crippen molar-refractivity contribution in [1.82, 2.24) is 0 Å². The molecule has 1 aromatic rings. The summed E-state index contributed by atoms with van der Waals surface area (Å²) in [5.41, 5.74) is 1.04. The fourth-order valence-corrected chi connectivity index (χ4v) is 4.27. The second kappa shape index (κ2) is 15.8. The van der Waals surface area contributed by atoms with Gasteiger partial charge in [-0.05, 0) is 84.9 Å². The SMILES string of the molecule is CCCCCCCCC(CCCc1cccc(F)c1)C(OC(C)C)(OC(C)C)OC(C)C. The quantitative estimate of drug-likeness (QED) is 0.165. The van der Waals surface area contributed by atoms with Crippen LogP contribution in [0.4, 0.5) is 4.39 Å². The average Bonchev–Trinajstić information content (AvgIpc) is 2.67. The maximum atomic E-state index is 13.6. The molecule has 0 aliphatic heterocycles. The molecule has 0 spiro atoms. The van der Waals surface area contributed by atoms with E-state index >= 15 is 0 Å². The molecule has 1 aromatic carbocycles. The molecule has 0 aliphatic carbocycles. The third-order valence-corrected chi connectivity index (χ3v) is 5.51. The highest BCUT2D eigenvalue weighted by atomic mass is 19.1. The summed E-state index contributed by atoms with van der Waals surface area (Å²) < 4.78 is 32.9. The zero-order chi connectivity index (χ0) is 24.0. The third-order valence-electron chi connectivity index (χ3n) is 5.51. The molecule has 0 aromatic heterocycles. The van der Waals surface area contributed by atoms with Crippen molar-refractivity contribution in [1.29, 1.82) is 0 Å². The zero-order valence-electron chi connectivity index (χ0n) is 21.8. The van der Waals surface area contributed by atoms with Crippen LogP contribution in [0.2, 0.25) is 0 Å². The van der Waals surface area contributed by atoms with Crippen LogP contribution in [0.1, 0.15) is 112 Å². The zero-order valence-corrected chi connectivity index (χ0v) is 21.8. The lowest BCUT2D eigenvalue weighted by Gasteiger charge is -2.43. The predicted molar refractivity (Wildman–Crippen MR) is 132 cm³/mol. The molecule has 0 fully saturated rings. The maximum Gasteiger partial charge on any atom is 0.286 e.